The van der Waals surface area contributed by atoms with E-state index in [4.69, 9.17) is 0 Å². The highest BCUT2D eigenvalue weighted by Crippen LogP contribution is 2.21. The van der Waals surface area contributed by atoms with Crippen molar-refractivity contribution < 1.29 is 0 Å². The fraction of sp³-hybridized carbons (Fsp3) is 0.154. The summed E-state index contributed by atoms with van der Waals surface area (Å²) in [6, 6.07) is 8.03. The Morgan fingerprint density at radius 1 is 1.32 bits per heavy atom. The second kappa shape index (κ2) is 5.19. The highest BCUT2D eigenvalue weighted by molar-refractivity contribution is 7.09. The first-order valence-corrected chi connectivity index (χ1v) is 6.81. The number of thiazole rings is 1. The lowest BCUT2D eigenvalue weighted by Crippen LogP contribution is -2.04. The molecule has 6 heteroatoms. The van der Waals surface area contributed by atoms with Crippen molar-refractivity contribution in [1.82, 2.24) is 20.0 Å². The molecule has 0 atom stereocenters. The van der Waals surface area contributed by atoms with Gasteiger partial charge < -0.3 is 5.32 Å². The minimum atomic E-state index is 0.766. The molecular weight excluding hydrogens is 258 g/mol. The van der Waals surface area contributed by atoms with Crippen LogP contribution in [0.15, 0.2) is 42.2 Å². The van der Waals surface area contributed by atoms with Crippen LogP contribution in [0, 0.1) is 6.92 Å². The molecule has 5 nitrogen and oxygen atoms in total. The van der Waals surface area contributed by atoms with Crippen molar-refractivity contribution in [1.29, 1.82) is 0 Å². The van der Waals surface area contributed by atoms with Crippen molar-refractivity contribution in [2.45, 2.75) is 13.5 Å². The SMILES string of the molecule is Cc1ncsc1CNc1ccccc1-n1ccnn1. The van der Waals surface area contributed by atoms with E-state index in [1.807, 2.05) is 42.9 Å². The topological polar surface area (TPSA) is 55.6 Å². The van der Waals surface area contributed by atoms with Gasteiger partial charge in [0.2, 0.25) is 0 Å². The van der Waals surface area contributed by atoms with Gasteiger partial charge in [-0.2, -0.15) is 0 Å². The molecule has 0 radical (unpaired) electrons. The van der Waals surface area contributed by atoms with E-state index in [-0.39, 0.29) is 0 Å². The van der Waals surface area contributed by atoms with Gasteiger partial charge in [-0.05, 0) is 19.1 Å². The van der Waals surface area contributed by atoms with Crippen LogP contribution in [-0.2, 0) is 6.54 Å². The van der Waals surface area contributed by atoms with Crippen LogP contribution in [0.25, 0.3) is 5.69 Å². The second-order valence-corrected chi connectivity index (χ2v) is 5.02. The molecule has 3 rings (SSSR count). The van der Waals surface area contributed by atoms with Crippen LogP contribution in [0.3, 0.4) is 0 Å². The number of aromatic nitrogens is 4. The number of nitrogens with zero attached hydrogens (tertiary/aromatic N) is 4. The van der Waals surface area contributed by atoms with Gasteiger partial charge in [0.15, 0.2) is 0 Å². The van der Waals surface area contributed by atoms with Crippen LogP contribution in [0.1, 0.15) is 10.6 Å². The number of hydrogen-bond donors (Lipinski definition) is 1. The summed E-state index contributed by atoms with van der Waals surface area (Å²) in [5, 5.41) is 11.3. The Hall–Kier alpha value is -2.21. The van der Waals surface area contributed by atoms with E-state index in [9.17, 15) is 0 Å². The zero-order chi connectivity index (χ0) is 13.1. The molecule has 0 saturated carbocycles. The van der Waals surface area contributed by atoms with Crippen molar-refractivity contribution in [3.05, 3.63) is 52.7 Å². The Kier molecular flexibility index (Phi) is 3.24. The number of aryl methyl sites for hydroxylation is 1. The van der Waals surface area contributed by atoms with E-state index in [2.05, 4.69) is 20.6 Å². The summed E-state index contributed by atoms with van der Waals surface area (Å²) < 4.78 is 1.75. The smallest absolute Gasteiger partial charge is 0.0894 e. The number of benzene rings is 1. The van der Waals surface area contributed by atoms with Crippen LogP contribution >= 0.6 is 11.3 Å². The van der Waals surface area contributed by atoms with Crippen molar-refractivity contribution in [3.63, 3.8) is 0 Å². The van der Waals surface area contributed by atoms with Gasteiger partial charge in [-0.25, -0.2) is 9.67 Å². The summed E-state index contributed by atoms with van der Waals surface area (Å²) in [5.41, 5.74) is 4.97. The molecule has 2 aromatic heterocycles. The molecule has 0 aliphatic heterocycles. The molecule has 1 aromatic carbocycles. The number of nitrogens with one attached hydrogen (secondary N) is 1. The summed E-state index contributed by atoms with van der Waals surface area (Å²) in [6.07, 6.45) is 3.50. The highest BCUT2D eigenvalue weighted by Gasteiger charge is 2.06. The minimum Gasteiger partial charge on any atom is -0.378 e. The molecule has 3 aromatic rings. The Labute approximate surface area is 114 Å². The molecular formula is C13H13N5S. The summed E-state index contributed by atoms with van der Waals surface area (Å²) in [6.45, 7) is 2.79. The third-order valence-electron chi connectivity index (χ3n) is 2.86. The normalized spacial score (nSPS) is 10.6. The molecule has 0 spiro atoms. The Balaban J connectivity index is 1.84. The van der Waals surface area contributed by atoms with Crippen molar-refractivity contribution in [3.8, 4) is 5.69 Å². The van der Waals surface area contributed by atoms with Gasteiger partial charge in [-0.3, -0.25) is 0 Å². The predicted molar refractivity (Wildman–Crippen MR) is 75.5 cm³/mol. The molecule has 0 aliphatic rings. The fourth-order valence-corrected chi connectivity index (χ4v) is 2.55. The zero-order valence-electron chi connectivity index (χ0n) is 10.4. The monoisotopic (exact) mass is 271 g/mol. The van der Waals surface area contributed by atoms with Gasteiger partial charge >= 0.3 is 0 Å². The van der Waals surface area contributed by atoms with Gasteiger partial charge in [0, 0.05) is 4.88 Å². The third kappa shape index (κ3) is 2.48. The molecule has 0 fully saturated rings. The molecule has 0 saturated heterocycles. The van der Waals surface area contributed by atoms with Crippen molar-refractivity contribution >= 4 is 17.0 Å². The lowest BCUT2D eigenvalue weighted by Gasteiger charge is -2.10. The average Bonchev–Trinajstić information content (AvgIpc) is 3.08. The minimum absolute atomic E-state index is 0.766. The first-order chi connectivity index (χ1) is 9.34. The quantitative estimate of drug-likeness (QED) is 0.792. The van der Waals surface area contributed by atoms with E-state index in [0.29, 0.717) is 0 Å². The maximum absolute atomic E-state index is 4.25. The van der Waals surface area contributed by atoms with Crippen LogP contribution in [0.5, 0.6) is 0 Å². The summed E-state index contributed by atoms with van der Waals surface area (Å²) in [5.74, 6) is 0. The van der Waals surface area contributed by atoms with Gasteiger partial charge in [0.25, 0.3) is 0 Å². The number of para-hydroxylation sites is 2. The molecule has 19 heavy (non-hydrogen) atoms. The van der Waals surface area contributed by atoms with Gasteiger partial charge in [-0.1, -0.05) is 17.3 Å². The largest absolute Gasteiger partial charge is 0.378 e. The third-order valence-corrected chi connectivity index (χ3v) is 3.79. The molecule has 0 amide bonds. The number of anilines is 1. The van der Waals surface area contributed by atoms with Gasteiger partial charge in [0.1, 0.15) is 0 Å². The van der Waals surface area contributed by atoms with E-state index < -0.39 is 0 Å². The second-order valence-electron chi connectivity index (χ2n) is 4.08. The van der Waals surface area contributed by atoms with E-state index in [0.717, 1.165) is 23.6 Å². The molecule has 0 unspecified atom stereocenters. The lowest BCUT2D eigenvalue weighted by atomic mass is 10.2. The van der Waals surface area contributed by atoms with Crippen molar-refractivity contribution in [2.24, 2.45) is 0 Å². The summed E-state index contributed by atoms with van der Waals surface area (Å²) >= 11 is 1.66. The molecule has 0 bridgehead atoms. The van der Waals surface area contributed by atoms with Crippen LogP contribution in [0.4, 0.5) is 5.69 Å². The van der Waals surface area contributed by atoms with E-state index in [1.54, 1.807) is 22.2 Å². The van der Waals surface area contributed by atoms with E-state index in [1.165, 1.54) is 4.88 Å². The Morgan fingerprint density at radius 3 is 2.95 bits per heavy atom. The maximum Gasteiger partial charge on any atom is 0.0894 e. The summed E-state index contributed by atoms with van der Waals surface area (Å²) in [4.78, 5) is 5.50. The first-order valence-electron chi connectivity index (χ1n) is 5.93. The molecule has 1 N–H and O–H groups in total. The molecule has 2 heterocycles. The summed E-state index contributed by atoms with van der Waals surface area (Å²) in [7, 11) is 0. The van der Waals surface area contributed by atoms with Gasteiger partial charge in [0.05, 0.1) is 41.5 Å². The van der Waals surface area contributed by atoms with Crippen LogP contribution in [0.2, 0.25) is 0 Å². The zero-order valence-corrected chi connectivity index (χ0v) is 11.3. The standard InChI is InChI=1S/C13H13N5S/c1-10-13(19-9-15-10)8-14-11-4-2-3-5-12(11)18-7-6-16-17-18/h2-7,9,14H,8H2,1H3. The number of rotatable bonds is 4. The Bertz CT molecular complexity index is 659. The maximum atomic E-state index is 4.25. The lowest BCUT2D eigenvalue weighted by molar-refractivity contribution is 0.803. The average molecular weight is 271 g/mol. The molecule has 0 aliphatic carbocycles. The first kappa shape index (κ1) is 11.9. The predicted octanol–water partition coefficient (Wildman–Crippen LogP) is 2.64. The van der Waals surface area contributed by atoms with E-state index >= 15 is 0 Å². The fourth-order valence-electron chi connectivity index (χ4n) is 1.83. The van der Waals surface area contributed by atoms with Gasteiger partial charge in [-0.15, -0.1) is 16.4 Å². The Morgan fingerprint density at radius 2 is 2.21 bits per heavy atom. The van der Waals surface area contributed by atoms with Crippen LogP contribution in [-0.4, -0.2) is 20.0 Å². The van der Waals surface area contributed by atoms with Crippen LogP contribution < -0.4 is 5.32 Å². The highest BCUT2D eigenvalue weighted by atomic mass is 32.1. The number of hydrogen-bond acceptors (Lipinski definition) is 5. The molecule has 96 valence electrons. The van der Waals surface area contributed by atoms with Crippen molar-refractivity contribution in [2.75, 3.05) is 5.32 Å².